The van der Waals surface area contributed by atoms with E-state index in [1.165, 1.54) is 11.8 Å². The number of rotatable bonds is 6. The first-order chi connectivity index (χ1) is 12.5. The van der Waals surface area contributed by atoms with Gasteiger partial charge in [0.25, 0.3) is 0 Å². The van der Waals surface area contributed by atoms with Gasteiger partial charge >= 0.3 is 0 Å². The van der Waals surface area contributed by atoms with Gasteiger partial charge in [0.05, 0.1) is 21.5 Å². The lowest BCUT2D eigenvalue weighted by atomic mass is 10.3. The minimum atomic E-state index is -0.211. The number of carbonyl (C=O) groups is 1. The minimum absolute atomic E-state index is 0.178. The first-order valence-corrected chi connectivity index (χ1v) is 9.55. The second-order valence-electron chi connectivity index (χ2n) is 5.68. The van der Waals surface area contributed by atoms with Crippen LogP contribution in [-0.4, -0.2) is 31.0 Å². The standard InChI is InChI=1S/C17H17Cl2N5OS/c1-23-8-4-5-11(23)9-14-21-22-17(24(14)2)26-10-15(25)20-16-12(18)6-3-7-13(16)19/h3-8H,9-10H2,1-2H3,(H,20,25). The summed E-state index contributed by atoms with van der Waals surface area (Å²) in [6.45, 7) is 0. The summed E-state index contributed by atoms with van der Waals surface area (Å²) >= 11 is 13.4. The fourth-order valence-electron chi connectivity index (χ4n) is 2.39. The van der Waals surface area contributed by atoms with Crippen molar-refractivity contribution in [3.63, 3.8) is 0 Å². The lowest BCUT2D eigenvalue weighted by molar-refractivity contribution is -0.113. The van der Waals surface area contributed by atoms with Crippen molar-refractivity contribution in [2.24, 2.45) is 14.1 Å². The number of halogens is 2. The molecule has 2 heterocycles. The molecule has 0 fully saturated rings. The predicted octanol–water partition coefficient (Wildman–Crippen LogP) is 3.78. The van der Waals surface area contributed by atoms with Crippen LogP contribution in [0.5, 0.6) is 0 Å². The van der Waals surface area contributed by atoms with Crippen LogP contribution in [0.25, 0.3) is 0 Å². The Morgan fingerprint density at radius 1 is 1.15 bits per heavy atom. The van der Waals surface area contributed by atoms with Crippen molar-refractivity contribution >= 4 is 46.6 Å². The molecule has 0 spiro atoms. The van der Waals surface area contributed by atoms with Crippen LogP contribution in [-0.2, 0) is 25.3 Å². The molecule has 9 heteroatoms. The number of nitrogens with one attached hydrogen (secondary N) is 1. The first kappa shape index (κ1) is 18.8. The van der Waals surface area contributed by atoms with Gasteiger partial charge in [-0.2, -0.15) is 0 Å². The number of aromatic nitrogens is 4. The highest BCUT2D eigenvalue weighted by Crippen LogP contribution is 2.30. The van der Waals surface area contributed by atoms with Crippen LogP contribution < -0.4 is 5.32 Å². The highest BCUT2D eigenvalue weighted by Gasteiger charge is 2.14. The van der Waals surface area contributed by atoms with Crippen molar-refractivity contribution in [3.8, 4) is 0 Å². The lowest BCUT2D eigenvalue weighted by Crippen LogP contribution is -2.15. The van der Waals surface area contributed by atoms with E-state index >= 15 is 0 Å². The molecule has 0 radical (unpaired) electrons. The predicted molar refractivity (Wildman–Crippen MR) is 105 cm³/mol. The summed E-state index contributed by atoms with van der Waals surface area (Å²) in [6, 6.07) is 9.11. The highest BCUT2D eigenvalue weighted by molar-refractivity contribution is 7.99. The Morgan fingerprint density at radius 2 is 1.88 bits per heavy atom. The number of benzene rings is 1. The molecule has 0 unspecified atom stereocenters. The molecule has 0 aliphatic carbocycles. The lowest BCUT2D eigenvalue weighted by Gasteiger charge is -2.09. The molecule has 26 heavy (non-hydrogen) atoms. The Morgan fingerprint density at radius 3 is 2.54 bits per heavy atom. The van der Waals surface area contributed by atoms with E-state index in [1.807, 2.05) is 41.6 Å². The Labute approximate surface area is 165 Å². The fourth-order valence-corrected chi connectivity index (χ4v) is 3.61. The third-order valence-electron chi connectivity index (χ3n) is 3.88. The van der Waals surface area contributed by atoms with Crippen LogP contribution in [0.3, 0.4) is 0 Å². The van der Waals surface area contributed by atoms with Crippen LogP contribution in [0.2, 0.25) is 10.0 Å². The molecular formula is C17H17Cl2N5OS. The third kappa shape index (κ3) is 4.23. The van der Waals surface area contributed by atoms with Gasteiger partial charge in [-0.15, -0.1) is 10.2 Å². The zero-order valence-electron chi connectivity index (χ0n) is 14.2. The van der Waals surface area contributed by atoms with Crippen LogP contribution in [0.4, 0.5) is 5.69 Å². The molecule has 0 saturated carbocycles. The van der Waals surface area contributed by atoms with Crippen LogP contribution >= 0.6 is 35.0 Å². The zero-order valence-corrected chi connectivity index (χ0v) is 16.6. The second kappa shape index (κ2) is 8.16. The van der Waals surface area contributed by atoms with E-state index in [1.54, 1.807) is 18.2 Å². The van der Waals surface area contributed by atoms with Crippen LogP contribution in [0, 0.1) is 0 Å². The van der Waals surface area contributed by atoms with E-state index in [-0.39, 0.29) is 11.7 Å². The molecule has 0 aliphatic heterocycles. The van der Waals surface area contributed by atoms with Crippen LogP contribution in [0.1, 0.15) is 11.5 Å². The van der Waals surface area contributed by atoms with E-state index < -0.39 is 0 Å². The maximum absolute atomic E-state index is 12.2. The molecule has 1 aromatic carbocycles. The van der Waals surface area contributed by atoms with Crippen molar-refractivity contribution in [2.75, 3.05) is 11.1 Å². The number of anilines is 1. The smallest absolute Gasteiger partial charge is 0.234 e. The van der Waals surface area contributed by atoms with Crippen molar-refractivity contribution in [3.05, 3.63) is 58.1 Å². The molecular weight excluding hydrogens is 393 g/mol. The third-order valence-corrected chi connectivity index (χ3v) is 5.53. The molecule has 1 N–H and O–H groups in total. The SMILES string of the molecule is Cn1cccc1Cc1nnc(SCC(=O)Nc2c(Cl)cccc2Cl)n1C. The van der Waals surface area contributed by atoms with Gasteiger partial charge in [0.15, 0.2) is 5.16 Å². The number of hydrogen-bond donors (Lipinski definition) is 1. The quantitative estimate of drug-likeness (QED) is 0.629. The van der Waals surface area contributed by atoms with E-state index in [4.69, 9.17) is 23.2 Å². The van der Waals surface area contributed by atoms with E-state index in [9.17, 15) is 4.79 Å². The molecule has 1 amide bonds. The van der Waals surface area contributed by atoms with Crippen molar-refractivity contribution in [1.82, 2.24) is 19.3 Å². The largest absolute Gasteiger partial charge is 0.354 e. The average molecular weight is 410 g/mol. The molecule has 0 aliphatic rings. The number of carbonyl (C=O) groups excluding carboxylic acids is 1. The van der Waals surface area contributed by atoms with Gasteiger partial charge in [0, 0.05) is 32.4 Å². The zero-order chi connectivity index (χ0) is 18.7. The molecule has 2 aromatic heterocycles. The second-order valence-corrected chi connectivity index (χ2v) is 7.44. The van der Waals surface area contributed by atoms with Crippen molar-refractivity contribution in [2.45, 2.75) is 11.6 Å². The van der Waals surface area contributed by atoms with Gasteiger partial charge < -0.3 is 14.5 Å². The van der Waals surface area contributed by atoms with Gasteiger partial charge in [-0.05, 0) is 24.3 Å². The monoisotopic (exact) mass is 409 g/mol. The summed E-state index contributed by atoms with van der Waals surface area (Å²) < 4.78 is 3.94. The number of para-hydroxylation sites is 1. The molecule has 6 nitrogen and oxygen atoms in total. The van der Waals surface area contributed by atoms with Crippen LogP contribution in [0.15, 0.2) is 41.7 Å². The summed E-state index contributed by atoms with van der Waals surface area (Å²) in [4.78, 5) is 12.2. The molecule has 0 atom stereocenters. The number of hydrogen-bond acceptors (Lipinski definition) is 4. The molecule has 0 bridgehead atoms. The average Bonchev–Trinajstić information content (AvgIpc) is 3.16. The van der Waals surface area contributed by atoms with Crippen molar-refractivity contribution < 1.29 is 4.79 Å². The van der Waals surface area contributed by atoms with Crippen molar-refractivity contribution in [1.29, 1.82) is 0 Å². The van der Waals surface area contributed by atoms with Gasteiger partial charge in [-0.1, -0.05) is 41.0 Å². The number of nitrogens with zero attached hydrogens (tertiary/aromatic N) is 4. The fraction of sp³-hybridized carbons (Fsp3) is 0.235. The van der Waals surface area contributed by atoms with Gasteiger partial charge in [0.1, 0.15) is 5.82 Å². The Kier molecular flexibility index (Phi) is 5.90. The maximum Gasteiger partial charge on any atom is 0.234 e. The first-order valence-electron chi connectivity index (χ1n) is 7.81. The summed E-state index contributed by atoms with van der Waals surface area (Å²) in [5.41, 5.74) is 1.56. The highest BCUT2D eigenvalue weighted by atomic mass is 35.5. The van der Waals surface area contributed by atoms with E-state index in [2.05, 4.69) is 15.5 Å². The van der Waals surface area contributed by atoms with Gasteiger partial charge in [-0.3, -0.25) is 4.79 Å². The Balaban J connectivity index is 1.61. The molecule has 136 valence electrons. The molecule has 3 aromatic rings. The Bertz CT molecular complexity index is 917. The molecule has 0 saturated heterocycles. The summed E-state index contributed by atoms with van der Waals surface area (Å²) in [5.74, 6) is 0.804. The maximum atomic E-state index is 12.2. The number of aryl methyl sites for hydroxylation is 1. The molecule has 3 rings (SSSR count). The number of thioether (sulfide) groups is 1. The minimum Gasteiger partial charge on any atom is -0.354 e. The normalized spacial score (nSPS) is 10.9. The Hall–Kier alpha value is -1.96. The van der Waals surface area contributed by atoms with E-state index in [0.717, 1.165) is 11.5 Å². The number of amides is 1. The van der Waals surface area contributed by atoms with E-state index in [0.29, 0.717) is 27.3 Å². The summed E-state index contributed by atoms with van der Waals surface area (Å²) in [5, 5.41) is 12.6. The summed E-state index contributed by atoms with van der Waals surface area (Å²) in [7, 11) is 3.88. The van der Waals surface area contributed by atoms with Gasteiger partial charge in [-0.25, -0.2) is 0 Å². The van der Waals surface area contributed by atoms with Gasteiger partial charge in [0.2, 0.25) is 5.91 Å². The topological polar surface area (TPSA) is 64.7 Å². The summed E-state index contributed by atoms with van der Waals surface area (Å²) in [6.07, 6.45) is 2.67.